The first-order chi connectivity index (χ1) is 10.4. The van der Waals surface area contributed by atoms with Crippen LogP contribution >= 0.6 is 0 Å². The van der Waals surface area contributed by atoms with Crippen LogP contribution in [0.2, 0.25) is 0 Å². The van der Waals surface area contributed by atoms with E-state index in [2.05, 4.69) is 17.4 Å². The molecule has 1 heterocycles. The molecule has 2 aromatic rings. The molecule has 3 rings (SSSR count). The van der Waals surface area contributed by atoms with Gasteiger partial charge in [0.1, 0.15) is 18.1 Å². The Bertz CT molecular complexity index is 533. The van der Waals surface area contributed by atoms with E-state index in [1.54, 1.807) is 0 Å². The van der Waals surface area contributed by atoms with Crippen molar-refractivity contribution in [1.29, 1.82) is 0 Å². The molecule has 1 atom stereocenters. The van der Waals surface area contributed by atoms with Crippen LogP contribution in [0, 0.1) is 5.92 Å². The van der Waals surface area contributed by atoms with Gasteiger partial charge in [-0.25, -0.2) is 0 Å². The zero-order valence-electron chi connectivity index (χ0n) is 12.1. The molecule has 0 radical (unpaired) electrons. The van der Waals surface area contributed by atoms with Gasteiger partial charge in [-0.3, -0.25) is 0 Å². The molecule has 3 heteroatoms. The van der Waals surface area contributed by atoms with Crippen molar-refractivity contribution in [3.8, 4) is 11.5 Å². The Labute approximate surface area is 125 Å². The van der Waals surface area contributed by atoms with E-state index < -0.39 is 0 Å². The molecule has 0 spiro atoms. The van der Waals surface area contributed by atoms with Gasteiger partial charge in [0, 0.05) is 12.5 Å². The molecule has 0 bridgehead atoms. The molecule has 1 saturated heterocycles. The second kappa shape index (κ2) is 7.14. The summed E-state index contributed by atoms with van der Waals surface area (Å²) in [6.45, 7) is 3.56. The standard InChI is InChI=1S/C18H21NO2/c1-2-4-15(5-3-1)13-20-17-6-8-18(9-7-17)21-14-16-10-11-19-12-16/h1-9,16,19H,10-14H2. The van der Waals surface area contributed by atoms with Crippen molar-refractivity contribution in [3.63, 3.8) is 0 Å². The van der Waals surface area contributed by atoms with Crippen LogP contribution in [0.5, 0.6) is 11.5 Å². The highest BCUT2D eigenvalue weighted by atomic mass is 16.5. The molecule has 1 aliphatic rings. The second-order valence-electron chi connectivity index (χ2n) is 5.42. The predicted octanol–water partition coefficient (Wildman–Crippen LogP) is 3.25. The summed E-state index contributed by atoms with van der Waals surface area (Å²) in [5.41, 5.74) is 1.17. The first-order valence-electron chi connectivity index (χ1n) is 7.50. The highest BCUT2D eigenvalue weighted by Gasteiger charge is 2.14. The Morgan fingerprint density at radius 1 is 0.905 bits per heavy atom. The minimum Gasteiger partial charge on any atom is -0.493 e. The van der Waals surface area contributed by atoms with Crippen LogP contribution in [0.3, 0.4) is 0 Å². The molecule has 1 aliphatic heterocycles. The van der Waals surface area contributed by atoms with Crippen molar-refractivity contribution in [1.82, 2.24) is 5.32 Å². The summed E-state index contributed by atoms with van der Waals surface area (Å²) < 4.78 is 11.6. The Morgan fingerprint density at radius 3 is 2.29 bits per heavy atom. The third kappa shape index (κ3) is 4.23. The van der Waals surface area contributed by atoms with Gasteiger partial charge >= 0.3 is 0 Å². The second-order valence-corrected chi connectivity index (χ2v) is 5.42. The highest BCUT2D eigenvalue weighted by Crippen LogP contribution is 2.20. The van der Waals surface area contributed by atoms with Gasteiger partial charge in [0.15, 0.2) is 0 Å². The van der Waals surface area contributed by atoms with Crippen LogP contribution in [0.1, 0.15) is 12.0 Å². The number of nitrogens with one attached hydrogen (secondary N) is 1. The van der Waals surface area contributed by atoms with E-state index in [0.717, 1.165) is 31.2 Å². The monoisotopic (exact) mass is 283 g/mol. The lowest BCUT2D eigenvalue weighted by molar-refractivity contribution is 0.259. The molecule has 2 aromatic carbocycles. The average molecular weight is 283 g/mol. The predicted molar refractivity (Wildman–Crippen MR) is 83.7 cm³/mol. The van der Waals surface area contributed by atoms with Crippen molar-refractivity contribution in [3.05, 3.63) is 60.2 Å². The summed E-state index contributed by atoms with van der Waals surface area (Å²) in [5.74, 6) is 2.42. The number of hydrogen-bond donors (Lipinski definition) is 1. The van der Waals surface area contributed by atoms with Gasteiger partial charge in [-0.05, 0) is 42.8 Å². The van der Waals surface area contributed by atoms with E-state index in [-0.39, 0.29) is 0 Å². The molecule has 0 amide bonds. The fraction of sp³-hybridized carbons (Fsp3) is 0.333. The van der Waals surface area contributed by atoms with E-state index in [1.807, 2.05) is 42.5 Å². The summed E-state index contributed by atoms with van der Waals surface area (Å²) >= 11 is 0. The van der Waals surface area contributed by atoms with Crippen LogP contribution in [0.15, 0.2) is 54.6 Å². The van der Waals surface area contributed by atoms with E-state index in [4.69, 9.17) is 9.47 Å². The molecular weight excluding hydrogens is 262 g/mol. The highest BCUT2D eigenvalue weighted by molar-refractivity contribution is 5.31. The van der Waals surface area contributed by atoms with Gasteiger partial charge in [-0.1, -0.05) is 30.3 Å². The minimum absolute atomic E-state index is 0.592. The number of benzene rings is 2. The lowest BCUT2D eigenvalue weighted by Crippen LogP contribution is -2.15. The Kier molecular flexibility index (Phi) is 4.74. The zero-order chi connectivity index (χ0) is 14.3. The summed E-state index contributed by atoms with van der Waals surface area (Å²) in [6, 6.07) is 18.1. The van der Waals surface area contributed by atoms with Gasteiger partial charge in [0.25, 0.3) is 0 Å². The molecule has 0 aromatic heterocycles. The van der Waals surface area contributed by atoms with Gasteiger partial charge in [0.2, 0.25) is 0 Å². The first kappa shape index (κ1) is 14.0. The average Bonchev–Trinajstić information content (AvgIpc) is 3.06. The topological polar surface area (TPSA) is 30.5 Å². The third-order valence-electron chi connectivity index (χ3n) is 3.72. The summed E-state index contributed by atoms with van der Waals surface area (Å²) in [5, 5.41) is 3.35. The number of hydrogen-bond acceptors (Lipinski definition) is 3. The maximum absolute atomic E-state index is 5.81. The molecule has 1 N–H and O–H groups in total. The lowest BCUT2D eigenvalue weighted by Gasteiger charge is -2.11. The third-order valence-corrected chi connectivity index (χ3v) is 3.72. The van der Waals surface area contributed by atoms with E-state index >= 15 is 0 Å². The van der Waals surface area contributed by atoms with Crippen molar-refractivity contribution >= 4 is 0 Å². The van der Waals surface area contributed by atoms with Crippen LogP contribution in [0.25, 0.3) is 0 Å². The van der Waals surface area contributed by atoms with Crippen LogP contribution < -0.4 is 14.8 Å². The Morgan fingerprint density at radius 2 is 1.62 bits per heavy atom. The summed E-state index contributed by atoms with van der Waals surface area (Å²) in [6.07, 6.45) is 1.21. The summed E-state index contributed by atoms with van der Waals surface area (Å²) in [4.78, 5) is 0. The fourth-order valence-corrected chi connectivity index (χ4v) is 2.44. The van der Waals surface area contributed by atoms with Crippen molar-refractivity contribution in [2.45, 2.75) is 13.0 Å². The maximum Gasteiger partial charge on any atom is 0.120 e. The van der Waals surface area contributed by atoms with Crippen LogP contribution in [-0.4, -0.2) is 19.7 Å². The fourth-order valence-electron chi connectivity index (χ4n) is 2.44. The SMILES string of the molecule is c1ccc(COc2ccc(OCC3CCNC3)cc2)cc1. The smallest absolute Gasteiger partial charge is 0.120 e. The number of ether oxygens (including phenoxy) is 2. The van der Waals surface area contributed by atoms with Crippen molar-refractivity contribution in [2.75, 3.05) is 19.7 Å². The molecule has 1 unspecified atom stereocenters. The van der Waals surface area contributed by atoms with E-state index in [1.165, 1.54) is 12.0 Å². The largest absolute Gasteiger partial charge is 0.493 e. The van der Waals surface area contributed by atoms with Gasteiger partial charge in [-0.15, -0.1) is 0 Å². The van der Waals surface area contributed by atoms with Crippen molar-refractivity contribution < 1.29 is 9.47 Å². The maximum atomic E-state index is 5.81. The molecule has 3 nitrogen and oxygen atoms in total. The zero-order valence-corrected chi connectivity index (χ0v) is 12.1. The van der Waals surface area contributed by atoms with Gasteiger partial charge < -0.3 is 14.8 Å². The van der Waals surface area contributed by atoms with Gasteiger partial charge in [0.05, 0.1) is 6.61 Å². The van der Waals surface area contributed by atoms with Gasteiger partial charge in [-0.2, -0.15) is 0 Å². The summed E-state index contributed by atoms with van der Waals surface area (Å²) in [7, 11) is 0. The first-order valence-corrected chi connectivity index (χ1v) is 7.50. The quantitative estimate of drug-likeness (QED) is 0.882. The van der Waals surface area contributed by atoms with E-state index in [0.29, 0.717) is 12.5 Å². The molecule has 1 fully saturated rings. The Balaban J connectivity index is 1.47. The number of rotatable bonds is 6. The van der Waals surface area contributed by atoms with E-state index in [9.17, 15) is 0 Å². The Hall–Kier alpha value is -2.00. The molecule has 21 heavy (non-hydrogen) atoms. The molecule has 0 aliphatic carbocycles. The van der Waals surface area contributed by atoms with Crippen LogP contribution in [-0.2, 0) is 6.61 Å². The van der Waals surface area contributed by atoms with Crippen molar-refractivity contribution in [2.24, 2.45) is 5.92 Å². The normalized spacial score (nSPS) is 17.6. The molecular formula is C18H21NO2. The molecule has 0 saturated carbocycles. The van der Waals surface area contributed by atoms with Crippen LogP contribution in [0.4, 0.5) is 0 Å². The molecule has 110 valence electrons. The minimum atomic E-state index is 0.592. The lowest BCUT2D eigenvalue weighted by atomic mass is 10.1.